The van der Waals surface area contributed by atoms with Crippen LogP contribution in [0, 0.1) is 18.7 Å². The second kappa shape index (κ2) is 9.67. The number of nitrogens with zero attached hydrogens (tertiary/aromatic N) is 2. The van der Waals surface area contributed by atoms with E-state index in [2.05, 4.69) is 12.2 Å². The van der Waals surface area contributed by atoms with Crippen LogP contribution in [0.5, 0.6) is 0 Å². The molecule has 2 aromatic carbocycles. The number of amides is 2. The first-order chi connectivity index (χ1) is 16.3. The van der Waals surface area contributed by atoms with Gasteiger partial charge in [-0.15, -0.1) is 0 Å². The van der Waals surface area contributed by atoms with Crippen LogP contribution in [0.4, 0.5) is 10.2 Å². The molecule has 5 N–H and O–H groups in total. The summed E-state index contributed by atoms with van der Waals surface area (Å²) >= 11 is 0. The summed E-state index contributed by atoms with van der Waals surface area (Å²) in [6, 6.07) is 11.5. The summed E-state index contributed by atoms with van der Waals surface area (Å²) in [5.41, 5.74) is 15.2. The van der Waals surface area contributed by atoms with Gasteiger partial charge in [0.2, 0.25) is 0 Å². The molecule has 0 saturated heterocycles. The van der Waals surface area contributed by atoms with Gasteiger partial charge in [0.05, 0.1) is 6.04 Å². The summed E-state index contributed by atoms with van der Waals surface area (Å²) in [6.45, 7) is 4.12. The van der Waals surface area contributed by atoms with Crippen LogP contribution in [0.1, 0.15) is 70.5 Å². The fraction of sp³-hybridized carbons (Fsp3) is 0.346. The summed E-state index contributed by atoms with van der Waals surface area (Å²) in [5.74, 6) is -0.637. The minimum Gasteiger partial charge on any atom is -0.383 e. The van der Waals surface area contributed by atoms with Crippen molar-refractivity contribution in [2.75, 3.05) is 5.73 Å². The lowest BCUT2D eigenvalue weighted by atomic mass is 10.00. The van der Waals surface area contributed by atoms with Gasteiger partial charge in [-0.3, -0.25) is 9.59 Å². The first kappa shape index (κ1) is 23.5. The maximum absolute atomic E-state index is 13.5. The van der Waals surface area contributed by atoms with E-state index in [0.29, 0.717) is 34.1 Å². The molecule has 0 bridgehead atoms. The predicted octanol–water partition coefficient (Wildman–Crippen LogP) is 4.36. The third-order valence-electron chi connectivity index (χ3n) is 6.79. The SMILES string of the molecule is Cc1ccc(F)cc1C(=O)NCc1ccc(-c2nn(C(C)C3CCCC3)c(N)c2C(N)=O)cc1. The van der Waals surface area contributed by atoms with E-state index in [1.165, 1.54) is 25.0 Å². The highest BCUT2D eigenvalue weighted by Crippen LogP contribution is 2.37. The van der Waals surface area contributed by atoms with Gasteiger partial charge >= 0.3 is 0 Å². The van der Waals surface area contributed by atoms with Crippen molar-refractivity contribution < 1.29 is 14.0 Å². The maximum atomic E-state index is 13.5. The van der Waals surface area contributed by atoms with Gasteiger partial charge in [0.15, 0.2) is 0 Å². The molecule has 0 radical (unpaired) electrons. The molecular formula is C26H30FN5O2. The third kappa shape index (κ3) is 4.66. The number of carbonyl (C=O) groups excluding carboxylic acids is 2. The van der Waals surface area contributed by atoms with Gasteiger partial charge in [0, 0.05) is 17.7 Å². The number of rotatable bonds is 7. The zero-order valence-corrected chi connectivity index (χ0v) is 19.5. The number of aryl methyl sites for hydroxylation is 1. The summed E-state index contributed by atoms with van der Waals surface area (Å²) in [6.07, 6.45) is 4.64. The predicted molar refractivity (Wildman–Crippen MR) is 130 cm³/mol. The summed E-state index contributed by atoms with van der Waals surface area (Å²) in [7, 11) is 0. The van der Waals surface area contributed by atoms with Crippen molar-refractivity contribution >= 4 is 17.6 Å². The molecule has 3 aromatic rings. The van der Waals surface area contributed by atoms with Crippen molar-refractivity contribution in [2.24, 2.45) is 11.7 Å². The second-order valence-corrected chi connectivity index (χ2v) is 9.04. The average Bonchev–Trinajstić information content (AvgIpc) is 3.47. The highest BCUT2D eigenvalue weighted by molar-refractivity contribution is 6.03. The molecule has 0 spiro atoms. The number of nitrogens with two attached hydrogens (primary N) is 2. The first-order valence-electron chi connectivity index (χ1n) is 11.6. The Morgan fingerprint density at radius 2 is 1.85 bits per heavy atom. The van der Waals surface area contributed by atoms with Crippen LogP contribution in [0.3, 0.4) is 0 Å². The van der Waals surface area contributed by atoms with E-state index in [9.17, 15) is 14.0 Å². The number of halogens is 1. The number of benzene rings is 2. The molecule has 8 heteroatoms. The van der Waals surface area contributed by atoms with Gasteiger partial charge in [0.1, 0.15) is 22.9 Å². The zero-order valence-electron chi connectivity index (χ0n) is 19.5. The van der Waals surface area contributed by atoms with Crippen LogP contribution in [0.15, 0.2) is 42.5 Å². The molecule has 0 aliphatic heterocycles. The fourth-order valence-corrected chi connectivity index (χ4v) is 4.74. The van der Waals surface area contributed by atoms with Crippen LogP contribution in [0.2, 0.25) is 0 Å². The highest BCUT2D eigenvalue weighted by Gasteiger charge is 2.29. The van der Waals surface area contributed by atoms with Crippen LogP contribution in [0.25, 0.3) is 11.3 Å². The molecule has 178 valence electrons. The van der Waals surface area contributed by atoms with E-state index in [1.807, 2.05) is 24.3 Å². The van der Waals surface area contributed by atoms with E-state index in [1.54, 1.807) is 17.7 Å². The van der Waals surface area contributed by atoms with E-state index in [4.69, 9.17) is 16.6 Å². The van der Waals surface area contributed by atoms with Gasteiger partial charge in [-0.25, -0.2) is 9.07 Å². The Bertz CT molecular complexity index is 1210. The highest BCUT2D eigenvalue weighted by atomic mass is 19.1. The van der Waals surface area contributed by atoms with Crippen molar-refractivity contribution in [3.8, 4) is 11.3 Å². The third-order valence-corrected chi connectivity index (χ3v) is 6.79. The molecular weight excluding hydrogens is 433 g/mol. The number of aromatic nitrogens is 2. The van der Waals surface area contributed by atoms with Gasteiger partial charge in [0.25, 0.3) is 11.8 Å². The monoisotopic (exact) mass is 463 g/mol. The molecule has 4 rings (SSSR count). The standard InChI is InChI=1S/C26H30FN5O2/c1-15-7-12-20(27)13-21(15)26(34)30-14-17-8-10-19(11-9-17)23-22(25(29)33)24(28)32(31-23)16(2)18-5-3-4-6-18/h7-13,16,18H,3-6,14,28H2,1-2H3,(H2,29,33)(H,30,34). The molecule has 34 heavy (non-hydrogen) atoms. The fourth-order valence-electron chi connectivity index (χ4n) is 4.74. The van der Waals surface area contributed by atoms with Crippen LogP contribution < -0.4 is 16.8 Å². The van der Waals surface area contributed by atoms with Crippen molar-refractivity contribution in [1.82, 2.24) is 15.1 Å². The second-order valence-electron chi connectivity index (χ2n) is 9.04. The molecule has 1 heterocycles. The summed E-state index contributed by atoms with van der Waals surface area (Å²) in [5, 5.41) is 7.50. The molecule has 1 aromatic heterocycles. The number of nitrogens with one attached hydrogen (secondary N) is 1. The summed E-state index contributed by atoms with van der Waals surface area (Å²) < 4.78 is 15.2. The Labute approximate surface area is 198 Å². The average molecular weight is 464 g/mol. The van der Waals surface area contributed by atoms with E-state index in [-0.39, 0.29) is 24.1 Å². The normalized spacial score (nSPS) is 14.8. The Morgan fingerprint density at radius 1 is 1.18 bits per heavy atom. The van der Waals surface area contributed by atoms with Crippen LogP contribution >= 0.6 is 0 Å². The Morgan fingerprint density at radius 3 is 2.50 bits per heavy atom. The number of carbonyl (C=O) groups is 2. The lowest BCUT2D eigenvalue weighted by Crippen LogP contribution is -2.23. The number of anilines is 1. The molecule has 1 unspecified atom stereocenters. The van der Waals surface area contributed by atoms with E-state index in [0.717, 1.165) is 18.4 Å². The van der Waals surface area contributed by atoms with Crippen LogP contribution in [-0.2, 0) is 6.54 Å². The Balaban J connectivity index is 1.53. The van der Waals surface area contributed by atoms with Crippen molar-refractivity contribution in [2.45, 2.75) is 52.1 Å². The van der Waals surface area contributed by atoms with Crippen molar-refractivity contribution in [1.29, 1.82) is 0 Å². The Hall–Kier alpha value is -3.68. The molecule has 1 aliphatic carbocycles. The maximum Gasteiger partial charge on any atom is 0.254 e. The van der Waals surface area contributed by atoms with Gasteiger partial charge in [-0.1, -0.05) is 43.2 Å². The lowest BCUT2D eigenvalue weighted by molar-refractivity contribution is 0.0948. The molecule has 7 nitrogen and oxygen atoms in total. The minimum absolute atomic E-state index is 0.0788. The number of primary amides is 1. The van der Waals surface area contributed by atoms with E-state index >= 15 is 0 Å². The van der Waals surface area contributed by atoms with Crippen LogP contribution in [-0.4, -0.2) is 21.6 Å². The molecule has 1 fully saturated rings. The molecule has 1 saturated carbocycles. The van der Waals surface area contributed by atoms with E-state index < -0.39 is 11.7 Å². The zero-order chi connectivity index (χ0) is 24.4. The van der Waals surface area contributed by atoms with Crippen molar-refractivity contribution in [3.05, 3.63) is 70.5 Å². The topological polar surface area (TPSA) is 116 Å². The van der Waals surface area contributed by atoms with Gasteiger partial charge in [-0.05, 0) is 55.9 Å². The van der Waals surface area contributed by atoms with Crippen molar-refractivity contribution in [3.63, 3.8) is 0 Å². The quantitative estimate of drug-likeness (QED) is 0.483. The first-order valence-corrected chi connectivity index (χ1v) is 11.6. The molecule has 2 amide bonds. The summed E-state index contributed by atoms with van der Waals surface area (Å²) in [4.78, 5) is 24.7. The minimum atomic E-state index is -0.612. The molecule has 1 atom stereocenters. The number of hydrogen-bond acceptors (Lipinski definition) is 4. The molecule has 1 aliphatic rings. The number of hydrogen-bond donors (Lipinski definition) is 3. The number of nitrogen functional groups attached to an aromatic ring is 1. The smallest absolute Gasteiger partial charge is 0.254 e. The lowest BCUT2D eigenvalue weighted by Gasteiger charge is -2.20. The van der Waals surface area contributed by atoms with Gasteiger partial charge in [-0.2, -0.15) is 5.10 Å². The Kier molecular flexibility index (Phi) is 6.68. The largest absolute Gasteiger partial charge is 0.383 e. The van der Waals surface area contributed by atoms with Gasteiger partial charge < -0.3 is 16.8 Å².